The van der Waals surface area contributed by atoms with Gasteiger partial charge in [0.2, 0.25) is 0 Å². The van der Waals surface area contributed by atoms with Gasteiger partial charge in [-0.3, -0.25) is 0 Å². The second kappa shape index (κ2) is 5.27. The Balaban J connectivity index is 2.21. The third-order valence-corrected chi connectivity index (χ3v) is 2.66. The average Bonchev–Trinajstić information content (AvgIpc) is 2.27. The quantitative estimate of drug-likeness (QED) is 0.759. The SMILES string of the molecule is Brc1ccnc(N=Nc2cc(Br)ccn2)c1. The van der Waals surface area contributed by atoms with E-state index in [2.05, 4.69) is 52.1 Å². The van der Waals surface area contributed by atoms with Crippen molar-refractivity contribution in [3.8, 4) is 0 Å². The van der Waals surface area contributed by atoms with Crippen molar-refractivity contribution in [1.82, 2.24) is 9.97 Å². The molecule has 0 radical (unpaired) electrons. The molecule has 0 unspecified atom stereocenters. The second-order valence-electron chi connectivity index (χ2n) is 2.86. The smallest absolute Gasteiger partial charge is 0.175 e. The van der Waals surface area contributed by atoms with Crippen LogP contribution in [0.2, 0.25) is 0 Å². The number of azo groups is 1. The van der Waals surface area contributed by atoms with Gasteiger partial charge in [-0.25, -0.2) is 9.97 Å². The van der Waals surface area contributed by atoms with Crippen molar-refractivity contribution in [1.29, 1.82) is 0 Å². The monoisotopic (exact) mass is 340 g/mol. The highest BCUT2D eigenvalue weighted by Gasteiger charge is 1.94. The maximum atomic E-state index is 4.05. The van der Waals surface area contributed by atoms with Gasteiger partial charge < -0.3 is 0 Å². The third kappa shape index (κ3) is 3.18. The largest absolute Gasteiger partial charge is 0.236 e. The van der Waals surface area contributed by atoms with Crippen molar-refractivity contribution in [3.05, 3.63) is 45.6 Å². The van der Waals surface area contributed by atoms with E-state index in [-0.39, 0.29) is 0 Å². The molecule has 2 aromatic rings. The molecule has 0 aromatic carbocycles. The number of aromatic nitrogens is 2. The maximum Gasteiger partial charge on any atom is 0.175 e. The third-order valence-electron chi connectivity index (χ3n) is 1.67. The van der Waals surface area contributed by atoms with E-state index in [0.717, 1.165) is 8.95 Å². The zero-order chi connectivity index (χ0) is 11.4. The molecule has 0 aliphatic rings. The van der Waals surface area contributed by atoms with Gasteiger partial charge in [-0.05, 0) is 24.3 Å². The van der Waals surface area contributed by atoms with Gasteiger partial charge in [-0.2, -0.15) is 0 Å². The zero-order valence-electron chi connectivity index (χ0n) is 8.01. The minimum Gasteiger partial charge on any atom is -0.236 e. The first-order valence-electron chi connectivity index (χ1n) is 4.39. The van der Waals surface area contributed by atoms with Crippen molar-refractivity contribution >= 4 is 43.5 Å². The maximum absolute atomic E-state index is 4.05. The minimum atomic E-state index is 0.538. The van der Waals surface area contributed by atoms with Crippen molar-refractivity contribution < 1.29 is 0 Å². The van der Waals surface area contributed by atoms with E-state index in [4.69, 9.17) is 0 Å². The van der Waals surface area contributed by atoms with Crippen LogP contribution in [0.4, 0.5) is 11.6 Å². The number of hydrogen-bond donors (Lipinski definition) is 0. The van der Waals surface area contributed by atoms with Gasteiger partial charge in [-0.15, -0.1) is 10.2 Å². The van der Waals surface area contributed by atoms with Gasteiger partial charge in [0.05, 0.1) is 0 Å². The Morgan fingerprint density at radius 1 is 0.812 bits per heavy atom. The van der Waals surface area contributed by atoms with Crippen molar-refractivity contribution in [2.75, 3.05) is 0 Å². The van der Waals surface area contributed by atoms with Crippen molar-refractivity contribution in [2.45, 2.75) is 0 Å². The molecule has 0 aliphatic heterocycles. The van der Waals surface area contributed by atoms with Gasteiger partial charge in [0.25, 0.3) is 0 Å². The summed E-state index contributed by atoms with van der Waals surface area (Å²) in [6, 6.07) is 7.22. The van der Waals surface area contributed by atoms with Gasteiger partial charge in [-0.1, -0.05) is 31.9 Å². The molecule has 16 heavy (non-hydrogen) atoms. The molecular weight excluding hydrogens is 336 g/mol. The fourth-order valence-corrected chi connectivity index (χ4v) is 1.64. The predicted octanol–water partition coefficient (Wildman–Crippen LogP) is 4.42. The molecule has 80 valence electrons. The van der Waals surface area contributed by atoms with Gasteiger partial charge in [0, 0.05) is 21.3 Å². The highest BCUT2D eigenvalue weighted by atomic mass is 79.9. The lowest BCUT2D eigenvalue weighted by molar-refractivity contribution is 1.11. The molecule has 2 heterocycles. The molecule has 0 bridgehead atoms. The van der Waals surface area contributed by atoms with Crippen LogP contribution in [0.25, 0.3) is 0 Å². The highest BCUT2D eigenvalue weighted by molar-refractivity contribution is 9.10. The van der Waals surface area contributed by atoms with Crippen LogP contribution >= 0.6 is 31.9 Å². The topological polar surface area (TPSA) is 50.5 Å². The molecule has 0 amide bonds. The van der Waals surface area contributed by atoms with E-state index in [1.54, 1.807) is 24.5 Å². The minimum absolute atomic E-state index is 0.538. The Labute approximate surface area is 109 Å². The Kier molecular flexibility index (Phi) is 3.74. The van der Waals surface area contributed by atoms with E-state index >= 15 is 0 Å². The van der Waals surface area contributed by atoms with Crippen LogP contribution in [-0.2, 0) is 0 Å². The fraction of sp³-hybridized carbons (Fsp3) is 0. The summed E-state index contributed by atoms with van der Waals surface area (Å²) < 4.78 is 1.83. The summed E-state index contributed by atoms with van der Waals surface area (Å²) in [7, 11) is 0. The number of nitrogens with zero attached hydrogens (tertiary/aromatic N) is 4. The molecule has 0 saturated heterocycles. The number of rotatable bonds is 2. The number of halogens is 2. The normalized spacial score (nSPS) is 10.9. The fourth-order valence-electron chi connectivity index (χ4n) is 0.999. The summed E-state index contributed by atoms with van der Waals surface area (Å²) in [5.41, 5.74) is 0. The lowest BCUT2D eigenvalue weighted by Crippen LogP contribution is -1.74. The van der Waals surface area contributed by atoms with Gasteiger partial charge in [0.1, 0.15) is 0 Å². The lowest BCUT2D eigenvalue weighted by atomic mass is 10.5. The van der Waals surface area contributed by atoms with Gasteiger partial charge >= 0.3 is 0 Å². The molecule has 0 atom stereocenters. The molecule has 0 saturated carbocycles. The summed E-state index contributed by atoms with van der Waals surface area (Å²) in [6.07, 6.45) is 3.32. The first-order chi connectivity index (χ1) is 7.74. The molecule has 0 aliphatic carbocycles. The Morgan fingerprint density at radius 2 is 1.25 bits per heavy atom. The predicted molar refractivity (Wildman–Crippen MR) is 68.1 cm³/mol. The average molecular weight is 342 g/mol. The van der Waals surface area contributed by atoms with Crippen molar-refractivity contribution in [3.63, 3.8) is 0 Å². The Bertz CT molecular complexity index is 480. The summed E-state index contributed by atoms with van der Waals surface area (Å²) in [5.74, 6) is 1.08. The van der Waals surface area contributed by atoms with Crippen LogP contribution in [0, 0.1) is 0 Å². The lowest BCUT2D eigenvalue weighted by Gasteiger charge is -1.93. The number of hydrogen-bond acceptors (Lipinski definition) is 4. The molecule has 2 rings (SSSR count). The first kappa shape index (κ1) is 11.3. The summed E-state index contributed by atoms with van der Waals surface area (Å²) in [4.78, 5) is 8.09. The molecule has 0 spiro atoms. The van der Waals surface area contributed by atoms with E-state index in [1.807, 2.05) is 12.1 Å². The van der Waals surface area contributed by atoms with E-state index < -0.39 is 0 Å². The highest BCUT2D eigenvalue weighted by Crippen LogP contribution is 2.19. The summed E-state index contributed by atoms with van der Waals surface area (Å²) >= 11 is 6.67. The Hall–Kier alpha value is -1.14. The second-order valence-corrected chi connectivity index (χ2v) is 4.70. The Morgan fingerprint density at radius 3 is 1.62 bits per heavy atom. The van der Waals surface area contributed by atoms with Crippen LogP contribution in [0.1, 0.15) is 0 Å². The first-order valence-corrected chi connectivity index (χ1v) is 5.97. The molecular formula is C10H6Br2N4. The van der Waals surface area contributed by atoms with Gasteiger partial charge in [0.15, 0.2) is 11.6 Å². The van der Waals surface area contributed by atoms with E-state index in [1.165, 1.54) is 0 Å². The van der Waals surface area contributed by atoms with Crippen molar-refractivity contribution in [2.24, 2.45) is 10.2 Å². The zero-order valence-corrected chi connectivity index (χ0v) is 11.2. The van der Waals surface area contributed by atoms with Crippen LogP contribution in [0.5, 0.6) is 0 Å². The molecule has 2 aromatic heterocycles. The molecule has 4 nitrogen and oxygen atoms in total. The van der Waals surface area contributed by atoms with E-state index in [9.17, 15) is 0 Å². The van der Waals surface area contributed by atoms with E-state index in [0.29, 0.717) is 11.6 Å². The molecule has 0 fully saturated rings. The summed E-state index contributed by atoms with van der Waals surface area (Å²) in [6.45, 7) is 0. The standard InChI is InChI=1S/C10H6Br2N4/c11-7-1-3-13-9(5-7)15-16-10-6-8(12)2-4-14-10/h1-6H. The van der Waals surface area contributed by atoms with Crippen LogP contribution in [0.3, 0.4) is 0 Å². The number of pyridine rings is 2. The summed E-state index contributed by atoms with van der Waals surface area (Å²) in [5, 5.41) is 7.96. The van der Waals surface area contributed by atoms with Crippen LogP contribution in [0.15, 0.2) is 55.8 Å². The van der Waals surface area contributed by atoms with Crippen LogP contribution < -0.4 is 0 Å². The molecule has 0 N–H and O–H groups in total. The molecule has 6 heteroatoms. The van der Waals surface area contributed by atoms with Crippen LogP contribution in [-0.4, -0.2) is 9.97 Å².